The highest BCUT2D eigenvalue weighted by Crippen LogP contribution is 2.38. The molecule has 3 aliphatic heterocycles. The third-order valence-electron chi connectivity index (χ3n) is 13.3. The van der Waals surface area contributed by atoms with Crippen molar-refractivity contribution >= 4 is 11.8 Å². The first-order chi connectivity index (χ1) is 30.0. The lowest BCUT2D eigenvalue weighted by molar-refractivity contribution is -0.139. The maximum atomic E-state index is 14.4. The Morgan fingerprint density at radius 2 is 1.03 bits per heavy atom. The second-order valence-corrected chi connectivity index (χ2v) is 16.8. The van der Waals surface area contributed by atoms with E-state index in [1.807, 2.05) is 53.7 Å². The van der Waals surface area contributed by atoms with Crippen molar-refractivity contribution in [3.05, 3.63) is 144 Å². The first kappa shape index (κ1) is 40.6. The minimum atomic E-state index is -0.312. The van der Waals surface area contributed by atoms with Crippen LogP contribution >= 0.6 is 0 Å². The van der Waals surface area contributed by atoms with Gasteiger partial charge in [0.25, 0.3) is 0 Å². The van der Waals surface area contributed by atoms with E-state index in [9.17, 15) is 9.59 Å². The fourth-order valence-corrected chi connectivity index (χ4v) is 9.99. The summed E-state index contributed by atoms with van der Waals surface area (Å²) in [6.45, 7) is 9.24. The predicted molar refractivity (Wildman–Crippen MR) is 241 cm³/mol. The van der Waals surface area contributed by atoms with E-state index >= 15 is 0 Å². The van der Waals surface area contributed by atoms with E-state index in [0.717, 1.165) is 134 Å². The molecule has 0 saturated carbocycles. The van der Waals surface area contributed by atoms with Gasteiger partial charge in [-0.05, 0) is 98.1 Å². The molecule has 2 N–H and O–H groups in total. The molecule has 4 atom stereocenters. The van der Waals surface area contributed by atoms with Crippen LogP contribution in [0.25, 0.3) is 33.6 Å². The summed E-state index contributed by atoms with van der Waals surface area (Å²) in [5, 5.41) is 0. The highest BCUT2D eigenvalue weighted by atomic mass is 16.2. The van der Waals surface area contributed by atoms with Gasteiger partial charge in [-0.15, -0.1) is 0 Å². The summed E-state index contributed by atoms with van der Waals surface area (Å²) in [5.41, 5.74) is 8.37. The third-order valence-corrected chi connectivity index (χ3v) is 13.3. The van der Waals surface area contributed by atoms with Gasteiger partial charge in [0.05, 0.1) is 35.9 Å². The number of aromatic amines is 2. The molecule has 0 unspecified atom stereocenters. The third kappa shape index (κ3) is 8.44. The van der Waals surface area contributed by atoms with Crippen LogP contribution in [0.4, 0.5) is 0 Å². The standard InChI is InChI=1S/C51H58N8O2/c1-3-56(4-2)46(40-16-8-5-9-17-40)50(60)58-32-14-20-44(58)48-52-34-42(54-48)38-26-22-36(23-27-38)37-24-28-39(29-25-37)43-35-53-49(55-43)45-21-15-33-59(45)51(61)47(41-18-10-6-11-19-41)57-30-12-7-13-31-57/h5-6,8-11,16-19,22-29,34-35,44-47H,3-4,7,12-15,20-21,30-33H2,1-2H3,(H,52,54)(H,53,55)/t44-,45-,46+,47+/m0/s1. The topological polar surface area (TPSA) is 104 Å². The minimum Gasteiger partial charge on any atom is -0.340 e. The first-order valence-electron chi connectivity index (χ1n) is 22.5. The van der Waals surface area contributed by atoms with E-state index in [1.54, 1.807) is 0 Å². The number of piperidine rings is 1. The van der Waals surface area contributed by atoms with Gasteiger partial charge in [-0.3, -0.25) is 19.4 Å². The van der Waals surface area contributed by atoms with Gasteiger partial charge in [0.1, 0.15) is 23.7 Å². The smallest absolute Gasteiger partial charge is 0.245 e. The summed E-state index contributed by atoms with van der Waals surface area (Å²) in [6.07, 6.45) is 11.0. The first-order valence-corrected chi connectivity index (χ1v) is 22.5. The van der Waals surface area contributed by atoms with Gasteiger partial charge < -0.3 is 19.8 Å². The van der Waals surface area contributed by atoms with E-state index in [1.165, 1.54) is 6.42 Å². The normalized spacial score (nSPS) is 19.4. The molecule has 3 aliphatic rings. The van der Waals surface area contributed by atoms with E-state index in [-0.39, 0.29) is 36.0 Å². The Hall–Kier alpha value is -5.84. The maximum Gasteiger partial charge on any atom is 0.245 e. The Kier molecular flexibility index (Phi) is 12.2. The summed E-state index contributed by atoms with van der Waals surface area (Å²) in [7, 11) is 0. The van der Waals surface area contributed by atoms with Crippen molar-refractivity contribution in [2.24, 2.45) is 0 Å². The number of nitrogens with zero attached hydrogens (tertiary/aromatic N) is 6. The Morgan fingerprint density at radius 1 is 0.574 bits per heavy atom. The van der Waals surface area contributed by atoms with Crippen LogP contribution in [0, 0.1) is 0 Å². The zero-order chi connectivity index (χ0) is 41.7. The number of imidazole rings is 2. The Balaban J connectivity index is 0.864. The second-order valence-electron chi connectivity index (χ2n) is 16.8. The molecular formula is C51H58N8O2. The summed E-state index contributed by atoms with van der Waals surface area (Å²) in [6, 6.07) is 36.9. The number of H-pyrrole nitrogens is 2. The number of carbonyl (C=O) groups is 2. The maximum absolute atomic E-state index is 14.4. The molecule has 2 amide bonds. The summed E-state index contributed by atoms with van der Waals surface area (Å²) in [5.74, 6) is 2.03. The molecule has 9 rings (SSSR count). The van der Waals surface area contributed by atoms with Gasteiger partial charge in [-0.1, -0.05) is 129 Å². The number of carbonyl (C=O) groups excluding carboxylic acids is 2. The number of amides is 2. The SMILES string of the molecule is CCN(CC)[C@@H](C(=O)N1CCC[C@H]1c1ncc(-c2ccc(-c3ccc(-c4cnc([C@@H]5CCCN5C(=O)[C@@H](c5ccccc5)N5CCCCC5)[nH]4)cc3)cc2)[nH]1)c1ccccc1. The Labute approximate surface area is 360 Å². The number of rotatable bonds is 13. The lowest BCUT2D eigenvalue weighted by Crippen LogP contribution is -2.44. The number of likely N-dealkylation sites (tertiary alicyclic amines) is 3. The van der Waals surface area contributed by atoms with Crippen LogP contribution in [0.3, 0.4) is 0 Å². The number of benzene rings is 4. The molecular weight excluding hydrogens is 757 g/mol. The summed E-state index contributed by atoms with van der Waals surface area (Å²) < 4.78 is 0. The predicted octanol–water partition coefficient (Wildman–Crippen LogP) is 9.77. The molecule has 10 nitrogen and oxygen atoms in total. The highest BCUT2D eigenvalue weighted by molar-refractivity contribution is 5.85. The van der Waals surface area contributed by atoms with Gasteiger partial charge in [0.2, 0.25) is 11.8 Å². The Morgan fingerprint density at radius 3 is 1.52 bits per heavy atom. The van der Waals surface area contributed by atoms with Gasteiger partial charge in [0, 0.05) is 13.1 Å². The number of likely N-dealkylation sites (N-methyl/N-ethyl adjacent to an activating group) is 1. The van der Waals surface area contributed by atoms with Crippen molar-refractivity contribution in [2.75, 3.05) is 39.3 Å². The van der Waals surface area contributed by atoms with Crippen LogP contribution in [0.2, 0.25) is 0 Å². The van der Waals surface area contributed by atoms with Crippen molar-refractivity contribution in [1.82, 2.24) is 39.5 Å². The van der Waals surface area contributed by atoms with Gasteiger partial charge in [-0.25, -0.2) is 9.97 Å². The molecule has 0 spiro atoms. The van der Waals surface area contributed by atoms with Crippen molar-refractivity contribution in [3.8, 4) is 33.6 Å². The van der Waals surface area contributed by atoms with E-state index in [0.29, 0.717) is 0 Å². The minimum absolute atomic E-state index is 0.0647. The highest BCUT2D eigenvalue weighted by Gasteiger charge is 2.40. The molecule has 2 aromatic heterocycles. The molecule has 61 heavy (non-hydrogen) atoms. The fraction of sp³-hybridized carbons (Fsp3) is 0.373. The van der Waals surface area contributed by atoms with Gasteiger partial charge in [0.15, 0.2) is 0 Å². The van der Waals surface area contributed by atoms with Crippen LogP contribution in [0.5, 0.6) is 0 Å². The van der Waals surface area contributed by atoms with Crippen LogP contribution in [-0.4, -0.2) is 90.6 Å². The summed E-state index contributed by atoms with van der Waals surface area (Å²) in [4.78, 5) is 54.3. The quantitative estimate of drug-likeness (QED) is 0.120. The fourth-order valence-electron chi connectivity index (χ4n) is 9.99. The Bertz CT molecular complexity index is 2360. The van der Waals surface area contributed by atoms with Gasteiger partial charge >= 0.3 is 0 Å². The van der Waals surface area contributed by atoms with Crippen LogP contribution in [0.15, 0.2) is 122 Å². The number of hydrogen-bond donors (Lipinski definition) is 2. The largest absolute Gasteiger partial charge is 0.340 e. The molecule has 314 valence electrons. The van der Waals surface area contributed by atoms with Crippen LogP contribution < -0.4 is 0 Å². The zero-order valence-electron chi connectivity index (χ0n) is 35.5. The molecule has 0 radical (unpaired) electrons. The van der Waals surface area contributed by atoms with Crippen LogP contribution in [-0.2, 0) is 9.59 Å². The number of nitrogens with one attached hydrogen (secondary N) is 2. The van der Waals surface area contributed by atoms with E-state index in [2.05, 4.69) is 111 Å². The molecule has 4 aromatic carbocycles. The number of aromatic nitrogens is 4. The number of hydrogen-bond acceptors (Lipinski definition) is 6. The average Bonchev–Trinajstić information content (AvgIpc) is 4.17. The molecule has 5 heterocycles. The van der Waals surface area contributed by atoms with Crippen molar-refractivity contribution in [3.63, 3.8) is 0 Å². The molecule has 3 fully saturated rings. The van der Waals surface area contributed by atoms with Crippen molar-refractivity contribution in [1.29, 1.82) is 0 Å². The lowest BCUT2D eigenvalue weighted by Gasteiger charge is -2.37. The van der Waals surface area contributed by atoms with Gasteiger partial charge in [-0.2, -0.15) is 0 Å². The molecule has 10 heteroatoms. The second kappa shape index (κ2) is 18.4. The molecule has 6 aromatic rings. The average molecular weight is 815 g/mol. The monoisotopic (exact) mass is 814 g/mol. The van der Waals surface area contributed by atoms with Crippen molar-refractivity contribution in [2.45, 2.75) is 83.0 Å². The van der Waals surface area contributed by atoms with E-state index < -0.39 is 0 Å². The molecule has 0 bridgehead atoms. The van der Waals surface area contributed by atoms with Crippen LogP contribution in [0.1, 0.15) is 106 Å². The summed E-state index contributed by atoms with van der Waals surface area (Å²) >= 11 is 0. The van der Waals surface area contributed by atoms with E-state index in [4.69, 9.17) is 9.97 Å². The van der Waals surface area contributed by atoms with Crippen molar-refractivity contribution < 1.29 is 9.59 Å². The zero-order valence-corrected chi connectivity index (χ0v) is 35.5. The molecule has 0 aliphatic carbocycles. The molecule has 3 saturated heterocycles. The lowest BCUT2D eigenvalue weighted by atomic mass is 10.00.